The van der Waals surface area contributed by atoms with Crippen LogP contribution in [0.3, 0.4) is 0 Å². The Hall–Kier alpha value is -1.74. The first-order chi connectivity index (χ1) is 13.1. The highest BCUT2D eigenvalue weighted by molar-refractivity contribution is 6.33. The summed E-state index contributed by atoms with van der Waals surface area (Å²) in [4.78, 5) is 22.4. The van der Waals surface area contributed by atoms with Crippen LogP contribution >= 0.6 is 23.2 Å². The molecule has 0 radical (unpaired) electrons. The van der Waals surface area contributed by atoms with Crippen molar-refractivity contribution in [1.29, 1.82) is 0 Å². The molecule has 0 aromatic carbocycles. The average Bonchev–Trinajstić information content (AvgIpc) is 3.06. The highest BCUT2D eigenvalue weighted by atomic mass is 35.5. The van der Waals surface area contributed by atoms with Crippen LogP contribution in [0.1, 0.15) is 43.5 Å². The molecule has 144 valence electrons. The first kappa shape index (κ1) is 18.6. The van der Waals surface area contributed by atoms with Crippen molar-refractivity contribution in [3.8, 4) is 0 Å². The highest BCUT2D eigenvalue weighted by Crippen LogP contribution is 2.36. The van der Waals surface area contributed by atoms with Crippen molar-refractivity contribution in [2.45, 2.75) is 44.1 Å². The van der Waals surface area contributed by atoms with Gasteiger partial charge in [-0.25, -0.2) is 9.97 Å². The van der Waals surface area contributed by atoms with Crippen LogP contribution in [-0.4, -0.2) is 44.2 Å². The minimum absolute atomic E-state index is 0.0274. The van der Waals surface area contributed by atoms with Gasteiger partial charge in [0, 0.05) is 19.1 Å². The van der Waals surface area contributed by atoms with Crippen LogP contribution in [0.4, 0.5) is 5.69 Å². The summed E-state index contributed by atoms with van der Waals surface area (Å²) >= 11 is 12.3. The molecule has 2 unspecified atom stereocenters. The fourth-order valence-corrected chi connectivity index (χ4v) is 4.05. The lowest BCUT2D eigenvalue weighted by Gasteiger charge is -2.27. The zero-order chi connectivity index (χ0) is 19.0. The molecule has 0 saturated carbocycles. The molecule has 2 aliphatic rings. The van der Waals surface area contributed by atoms with Gasteiger partial charge in [-0.1, -0.05) is 23.2 Å². The predicted octanol–water partition coefficient (Wildman–Crippen LogP) is 2.35. The molecule has 0 bridgehead atoms. The van der Waals surface area contributed by atoms with Crippen molar-refractivity contribution in [1.82, 2.24) is 19.7 Å². The summed E-state index contributed by atoms with van der Waals surface area (Å²) in [6.45, 7) is 1.12. The van der Waals surface area contributed by atoms with Crippen molar-refractivity contribution in [3.05, 3.63) is 44.8 Å². The molecular weight excluding hydrogens is 393 g/mol. The third-order valence-electron chi connectivity index (χ3n) is 5.06. The summed E-state index contributed by atoms with van der Waals surface area (Å²) in [5, 5.41) is 15.4. The molecule has 2 aliphatic heterocycles. The molecule has 0 amide bonds. The third kappa shape index (κ3) is 3.54. The van der Waals surface area contributed by atoms with Crippen LogP contribution in [0, 0.1) is 0 Å². The third-order valence-corrected chi connectivity index (χ3v) is 5.62. The van der Waals surface area contributed by atoms with Crippen LogP contribution in [0.15, 0.2) is 23.4 Å². The van der Waals surface area contributed by atoms with E-state index in [9.17, 15) is 9.90 Å². The summed E-state index contributed by atoms with van der Waals surface area (Å²) in [5.74, 6) is -0.259. The largest absolute Gasteiger partial charge is 0.373 e. The van der Waals surface area contributed by atoms with Crippen LogP contribution in [0.25, 0.3) is 0 Å². The molecule has 0 spiro atoms. The summed E-state index contributed by atoms with van der Waals surface area (Å²) < 4.78 is 6.91. The molecule has 0 aliphatic carbocycles. The van der Waals surface area contributed by atoms with E-state index in [1.807, 2.05) is 0 Å². The number of aliphatic hydroxyl groups is 1. The van der Waals surface area contributed by atoms with Gasteiger partial charge in [-0.15, -0.1) is 0 Å². The molecule has 3 atom stereocenters. The second kappa shape index (κ2) is 7.71. The molecule has 10 heteroatoms. The smallest absolute Gasteiger partial charge is 0.290 e. The zero-order valence-corrected chi connectivity index (χ0v) is 16.0. The summed E-state index contributed by atoms with van der Waals surface area (Å²) in [6, 6.07) is 1.64. The maximum atomic E-state index is 12.7. The minimum atomic E-state index is -0.892. The van der Waals surface area contributed by atoms with E-state index < -0.39 is 18.0 Å². The molecule has 2 aromatic heterocycles. The van der Waals surface area contributed by atoms with Crippen molar-refractivity contribution >= 4 is 28.9 Å². The van der Waals surface area contributed by atoms with E-state index >= 15 is 0 Å². The molecule has 27 heavy (non-hydrogen) atoms. The lowest BCUT2D eigenvalue weighted by atomic mass is 10.0. The molecule has 2 aromatic rings. The molecule has 8 nitrogen and oxygen atoms in total. The number of ether oxygens (including phenoxy) is 1. The van der Waals surface area contributed by atoms with Gasteiger partial charge in [0.25, 0.3) is 5.56 Å². The Kier molecular flexibility index (Phi) is 5.32. The number of aliphatic hydroxyl groups excluding tert-OH is 1. The molecular formula is C17H19Cl2N5O3. The first-order valence-corrected chi connectivity index (χ1v) is 9.63. The van der Waals surface area contributed by atoms with Gasteiger partial charge in [-0.3, -0.25) is 4.79 Å². The number of halogens is 2. The Morgan fingerprint density at radius 1 is 1.22 bits per heavy atom. The number of hydrogen-bond donors (Lipinski definition) is 1. The van der Waals surface area contributed by atoms with E-state index in [-0.39, 0.29) is 10.9 Å². The predicted molar refractivity (Wildman–Crippen MR) is 100 cm³/mol. The Morgan fingerprint density at radius 2 is 2.07 bits per heavy atom. The second-order valence-electron chi connectivity index (χ2n) is 6.68. The second-order valence-corrected chi connectivity index (χ2v) is 7.45. The van der Waals surface area contributed by atoms with E-state index in [2.05, 4.69) is 15.1 Å². The Labute approximate surface area is 165 Å². The molecule has 2 fully saturated rings. The SMILES string of the molecule is O=c1c(Cl)c(N2CC[C@H](c3cc(Cl)ncn3)C2O)cnn1C1CCCCO1. The molecule has 2 saturated heterocycles. The summed E-state index contributed by atoms with van der Waals surface area (Å²) in [5.41, 5.74) is 0.642. The number of anilines is 1. The fourth-order valence-electron chi connectivity index (χ4n) is 3.65. The van der Waals surface area contributed by atoms with E-state index in [1.165, 1.54) is 17.2 Å². The van der Waals surface area contributed by atoms with Crippen molar-refractivity contribution in [2.75, 3.05) is 18.1 Å². The Morgan fingerprint density at radius 3 is 2.81 bits per heavy atom. The topological polar surface area (TPSA) is 93.4 Å². The number of aromatic nitrogens is 4. The van der Waals surface area contributed by atoms with Crippen LogP contribution in [-0.2, 0) is 4.74 Å². The summed E-state index contributed by atoms with van der Waals surface area (Å²) in [6.07, 6.45) is 4.92. The van der Waals surface area contributed by atoms with Gasteiger partial charge >= 0.3 is 0 Å². The Bertz CT molecular complexity index is 887. The van der Waals surface area contributed by atoms with E-state index in [4.69, 9.17) is 27.9 Å². The van der Waals surface area contributed by atoms with Gasteiger partial charge in [0.2, 0.25) is 0 Å². The molecule has 1 N–H and O–H groups in total. The van der Waals surface area contributed by atoms with Crippen molar-refractivity contribution in [3.63, 3.8) is 0 Å². The highest BCUT2D eigenvalue weighted by Gasteiger charge is 2.36. The first-order valence-electron chi connectivity index (χ1n) is 8.87. The number of hydrogen-bond acceptors (Lipinski definition) is 7. The Balaban J connectivity index is 1.60. The van der Waals surface area contributed by atoms with E-state index in [0.717, 1.165) is 19.3 Å². The van der Waals surface area contributed by atoms with Crippen molar-refractivity contribution < 1.29 is 9.84 Å². The van der Waals surface area contributed by atoms with Crippen LogP contribution < -0.4 is 10.5 Å². The minimum Gasteiger partial charge on any atom is -0.373 e. The number of rotatable bonds is 3. The van der Waals surface area contributed by atoms with Gasteiger partial charge in [-0.05, 0) is 31.7 Å². The lowest BCUT2D eigenvalue weighted by Crippen LogP contribution is -2.36. The van der Waals surface area contributed by atoms with Crippen LogP contribution in [0.2, 0.25) is 10.2 Å². The van der Waals surface area contributed by atoms with E-state index in [0.29, 0.717) is 36.1 Å². The van der Waals surface area contributed by atoms with Crippen LogP contribution in [0.5, 0.6) is 0 Å². The standard InChI is InChI=1S/C17H19Cl2N5O3/c18-13-7-11(20-9-21-13)10-4-5-23(16(10)25)12-8-22-24(17(26)15(12)19)14-3-1-2-6-27-14/h7-10,14,16,25H,1-6H2/t10-,14?,16?/m1/s1. The fraction of sp³-hybridized carbons (Fsp3) is 0.529. The normalized spacial score (nSPS) is 25.7. The van der Waals surface area contributed by atoms with Gasteiger partial charge < -0.3 is 14.7 Å². The maximum absolute atomic E-state index is 12.7. The van der Waals surface area contributed by atoms with E-state index in [1.54, 1.807) is 11.0 Å². The lowest BCUT2D eigenvalue weighted by molar-refractivity contribution is -0.0424. The summed E-state index contributed by atoms with van der Waals surface area (Å²) in [7, 11) is 0. The maximum Gasteiger partial charge on any atom is 0.290 e. The quantitative estimate of drug-likeness (QED) is 0.774. The van der Waals surface area contributed by atoms with Crippen molar-refractivity contribution in [2.24, 2.45) is 0 Å². The average molecular weight is 412 g/mol. The van der Waals surface area contributed by atoms with Gasteiger partial charge in [0.05, 0.1) is 17.6 Å². The molecule has 4 heterocycles. The monoisotopic (exact) mass is 411 g/mol. The van der Waals surface area contributed by atoms with Gasteiger partial charge in [-0.2, -0.15) is 9.78 Å². The van der Waals surface area contributed by atoms with Gasteiger partial charge in [0.1, 0.15) is 22.7 Å². The molecule has 4 rings (SSSR count). The van der Waals surface area contributed by atoms with Gasteiger partial charge in [0.15, 0.2) is 6.23 Å². The zero-order valence-electron chi connectivity index (χ0n) is 14.5. The number of nitrogens with zero attached hydrogens (tertiary/aromatic N) is 5.